The molecule has 5 nitrogen and oxygen atoms in total. The Hall–Kier alpha value is -2.32. The highest BCUT2D eigenvalue weighted by molar-refractivity contribution is 5.97. The van der Waals surface area contributed by atoms with Crippen LogP contribution in [0.3, 0.4) is 0 Å². The summed E-state index contributed by atoms with van der Waals surface area (Å²) in [4.78, 5) is 14.3. The van der Waals surface area contributed by atoms with Crippen molar-refractivity contribution in [2.75, 3.05) is 18.4 Å². The van der Waals surface area contributed by atoms with Crippen molar-refractivity contribution < 1.29 is 9.53 Å². The van der Waals surface area contributed by atoms with E-state index in [9.17, 15) is 10.1 Å². The number of morpholine rings is 1. The summed E-state index contributed by atoms with van der Waals surface area (Å²) in [5.41, 5.74) is 2.22. The highest BCUT2D eigenvalue weighted by Gasteiger charge is 2.27. The van der Waals surface area contributed by atoms with Crippen LogP contribution in [0.4, 0.5) is 5.69 Å². The van der Waals surface area contributed by atoms with Crippen molar-refractivity contribution in [2.45, 2.75) is 52.2 Å². The van der Waals surface area contributed by atoms with Crippen molar-refractivity contribution in [3.8, 4) is 6.07 Å². The summed E-state index contributed by atoms with van der Waals surface area (Å²) < 4.78 is 5.65. The average Bonchev–Trinajstić information content (AvgIpc) is 2.60. The van der Waals surface area contributed by atoms with E-state index in [1.807, 2.05) is 38.1 Å². The summed E-state index contributed by atoms with van der Waals surface area (Å²) in [7, 11) is 0. The highest BCUT2D eigenvalue weighted by Crippen LogP contribution is 2.26. The normalized spacial score (nSPS) is 22.2. The summed E-state index contributed by atoms with van der Waals surface area (Å²) in [5, 5.41) is 12.6. The molecule has 3 unspecified atom stereocenters. The molecule has 134 valence electrons. The summed E-state index contributed by atoms with van der Waals surface area (Å²) in [5.74, 6) is 0.150. The average molecular weight is 341 g/mol. The van der Waals surface area contributed by atoms with Crippen LogP contribution in [-0.2, 0) is 9.53 Å². The summed E-state index contributed by atoms with van der Waals surface area (Å²) in [6.45, 7) is 9.19. The number of anilines is 1. The lowest BCUT2D eigenvalue weighted by molar-refractivity contribution is -0.138. The monoisotopic (exact) mass is 341 g/mol. The van der Waals surface area contributed by atoms with Crippen LogP contribution in [0.2, 0.25) is 0 Å². The van der Waals surface area contributed by atoms with Gasteiger partial charge in [-0.3, -0.25) is 4.79 Å². The zero-order valence-electron chi connectivity index (χ0n) is 15.5. The molecule has 0 spiro atoms. The van der Waals surface area contributed by atoms with Crippen LogP contribution in [-0.4, -0.2) is 36.1 Å². The Balaban J connectivity index is 2.16. The van der Waals surface area contributed by atoms with Crippen molar-refractivity contribution in [1.82, 2.24) is 4.90 Å². The lowest BCUT2D eigenvalue weighted by Crippen LogP contribution is -2.48. The second-order valence-corrected chi connectivity index (χ2v) is 6.68. The van der Waals surface area contributed by atoms with Crippen LogP contribution in [0.15, 0.2) is 36.0 Å². The molecular weight excluding hydrogens is 314 g/mol. The molecule has 25 heavy (non-hydrogen) atoms. The van der Waals surface area contributed by atoms with Crippen molar-refractivity contribution in [3.05, 3.63) is 41.6 Å². The maximum absolute atomic E-state index is 12.7. The third-order valence-electron chi connectivity index (χ3n) is 4.53. The van der Waals surface area contributed by atoms with Crippen molar-refractivity contribution in [3.63, 3.8) is 0 Å². The number of amides is 1. The van der Waals surface area contributed by atoms with E-state index in [2.05, 4.69) is 25.2 Å². The number of nitrogens with one attached hydrogen (secondary N) is 1. The van der Waals surface area contributed by atoms with E-state index in [1.165, 1.54) is 11.8 Å². The largest absolute Gasteiger partial charge is 0.372 e. The van der Waals surface area contributed by atoms with Gasteiger partial charge in [-0.1, -0.05) is 32.0 Å². The molecule has 1 N–H and O–H groups in total. The number of rotatable bonds is 5. The van der Waals surface area contributed by atoms with E-state index in [0.29, 0.717) is 19.0 Å². The summed E-state index contributed by atoms with van der Waals surface area (Å²) >= 11 is 0. The Bertz CT molecular complexity index is 668. The van der Waals surface area contributed by atoms with Gasteiger partial charge in [0.15, 0.2) is 0 Å². The SMILES string of the molecule is CCC(C)c1ccccc1N/C=C(/C#N)C(=O)N1CC(C)OC(C)C1. The number of carbonyl (C=O) groups is 1. The van der Waals surface area contributed by atoms with Gasteiger partial charge in [0.1, 0.15) is 11.6 Å². The number of nitrogens with zero attached hydrogens (tertiary/aromatic N) is 2. The van der Waals surface area contributed by atoms with Crippen LogP contribution >= 0.6 is 0 Å². The fraction of sp³-hybridized carbons (Fsp3) is 0.500. The van der Waals surface area contributed by atoms with Gasteiger partial charge >= 0.3 is 0 Å². The van der Waals surface area contributed by atoms with Crippen LogP contribution in [0, 0.1) is 11.3 Å². The van der Waals surface area contributed by atoms with Crippen LogP contribution < -0.4 is 5.32 Å². The topological polar surface area (TPSA) is 65.4 Å². The van der Waals surface area contributed by atoms with Gasteiger partial charge in [-0.15, -0.1) is 0 Å². The minimum atomic E-state index is -0.252. The summed E-state index contributed by atoms with van der Waals surface area (Å²) in [6.07, 6.45) is 2.50. The minimum Gasteiger partial charge on any atom is -0.372 e. The summed E-state index contributed by atoms with van der Waals surface area (Å²) in [6, 6.07) is 10.0. The molecule has 0 saturated carbocycles. The van der Waals surface area contributed by atoms with E-state index < -0.39 is 0 Å². The maximum atomic E-state index is 12.7. The number of para-hydroxylation sites is 1. The molecule has 2 rings (SSSR count). The second-order valence-electron chi connectivity index (χ2n) is 6.68. The number of benzene rings is 1. The van der Waals surface area contributed by atoms with Gasteiger partial charge in [-0.05, 0) is 37.8 Å². The van der Waals surface area contributed by atoms with Crippen molar-refractivity contribution in [1.29, 1.82) is 5.26 Å². The molecule has 0 aromatic heterocycles. The third kappa shape index (κ3) is 4.83. The lowest BCUT2D eigenvalue weighted by Gasteiger charge is -2.35. The Labute approximate surface area is 150 Å². The molecule has 1 saturated heterocycles. The predicted octanol–water partition coefficient (Wildman–Crippen LogP) is 3.66. The molecule has 3 atom stereocenters. The second kappa shape index (κ2) is 8.68. The molecule has 1 aliphatic heterocycles. The zero-order valence-corrected chi connectivity index (χ0v) is 15.5. The molecule has 1 aromatic rings. The van der Waals surface area contributed by atoms with Crippen molar-refractivity contribution in [2.24, 2.45) is 0 Å². The van der Waals surface area contributed by atoms with Gasteiger partial charge in [-0.2, -0.15) is 5.26 Å². The molecule has 5 heteroatoms. The first-order chi connectivity index (χ1) is 12.0. The van der Waals surface area contributed by atoms with Crippen molar-refractivity contribution >= 4 is 11.6 Å². The molecule has 1 aliphatic rings. The first-order valence-electron chi connectivity index (χ1n) is 8.86. The quantitative estimate of drug-likeness (QED) is 0.656. The van der Waals surface area contributed by atoms with E-state index >= 15 is 0 Å². The van der Waals surface area contributed by atoms with Crippen LogP contribution in [0.5, 0.6) is 0 Å². The predicted molar refractivity (Wildman–Crippen MR) is 99.1 cm³/mol. The van der Waals surface area contributed by atoms with E-state index in [0.717, 1.165) is 12.1 Å². The molecule has 1 fully saturated rings. The smallest absolute Gasteiger partial charge is 0.266 e. The molecule has 0 bridgehead atoms. The first kappa shape index (κ1) is 19.0. The van der Waals surface area contributed by atoms with E-state index in [4.69, 9.17) is 4.74 Å². The Morgan fingerprint density at radius 3 is 2.64 bits per heavy atom. The van der Waals surface area contributed by atoms with Gasteiger partial charge in [-0.25, -0.2) is 0 Å². The van der Waals surface area contributed by atoms with Crippen LogP contribution in [0.1, 0.15) is 45.6 Å². The van der Waals surface area contributed by atoms with Gasteiger partial charge in [0.05, 0.1) is 12.2 Å². The number of hydrogen-bond donors (Lipinski definition) is 1. The molecular formula is C20H27N3O2. The first-order valence-corrected chi connectivity index (χ1v) is 8.86. The van der Waals surface area contributed by atoms with Gasteiger partial charge < -0.3 is 15.0 Å². The molecule has 0 radical (unpaired) electrons. The van der Waals surface area contributed by atoms with Gasteiger partial charge in [0.2, 0.25) is 0 Å². The number of carbonyl (C=O) groups excluding carboxylic acids is 1. The van der Waals surface area contributed by atoms with Gasteiger partial charge in [0.25, 0.3) is 5.91 Å². The number of ether oxygens (including phenoxy) is 1. The van der Waals surface area contributed by atoms with E-state index in [-0.39, 0.29) is 23.7 Å². The number of hydrogen-bond acceptors (Lipinski definition) is 4. The van der Waals surface area contributed by atoms with Crippen LogP contribution in [0.25, 0.3) is 0 Å². The molecule has 1 amide bonds. The zero-order chi connectivity index (χ0) is 18.4. The molecule has 1 heterocycles. The third-order valence-corrected chi connectivity index (χ3v) is 4.53. The lowest BCUT2D eigenvalue weighted by atomic mass is 9.97. The standard InChI is InChI=1S/C20H27N3O2/c1-5-14(2)18-8-6-7-9-19(18)22-11-17(10-21)20(24)23-12-15(3)25-16(4)13-23/h6-9,11,14-16,22H,5,12-13H2,1-4H3/b17-11-. The minimum absolute atomic E-state index is 0.0215. The molecule has 0 aliphatic carbocycles. The highest BCUT2D eigenvalue weighted by atomic mass is 16.5. The van der Waals surface area contributed by atoms with E-state index in [1.54, 1.807) is 4.90 Å². The maximum Gasteiger partial charge on any atom is 0.266 e. The molecule has 1 aromatic carbocycles. The fourth-order valence-electron chi connectivity index (χ4n) is 3.08. The Morgan fingerprint density at radius 2 is 2.04 bits per heavy atom. The number of nitriles is 1. The fourth-order valence-corrected chi connectivity index (χ4v) is 3.08. The Kier molecular flexibility index (Phi) is 6.60. The van der Waals surface area contributed by atoms with Gasteiger partial charge in [0, 0.05) is 25.0 Å². The Morgan fingerprint density at radius 1 is 1.40 bits per heavy atom.